The van der Waals surface area contributed by atoms with Crippen LogP contribution in [0.5, 0.6) is 0 Å². The lowest BCUT2D eigenvalue weighted by atomic mass is 10.2. The summed E-state index contributed by atoms with van der Waals surface area (Å²) in [5.74, 6) is 2.15. The zero-order chi connectivity index (χ0) is 11.2. The highest BCUT2D eigenvalue weighted by molar-refractivity contribution is 8.17. The summed E-state index contributed by atoms with van der Waals surface area (Å²) < 4.78 is 5.70. The lowest BCUT2D eigenvalue weighted by Crippen LogP contribution is -2.17. The van der Waals surface area contributed by atoms with Crippen LogP contribution in [0.25, 0.3) is 0 Å². The van der Waals surface area contributed by atoms with E-state index in [-0.39, 0.29) is 5.97 Å². The Morgan fingerprint density at radius 3 is 2.62 bits per heavy atom. The van der Waals surface area contributed by atoms with E-state index in [0.29, 0.717) is 16.8 Å². The average Bonchev–Trinajstić information content (AvgIpc) is 2.38. The minimum absolute atomic E-state index is 0.215. The van der Waals surface area contributed by atoms with Crippen LogP contribution in [0.15, 0.2) is 30.3 Å². The Kier molecular flexibility index (Phi) is 4.60. The second-order valence-electron chi connectivity index (χ2n) is 3.49. The van der Waals surface area contributed by atoms with E-state index in [1.54, 1.807) is 12.1 Å². The number of rotatable bonds is 3. The molecule has 0 spiro atoms. The van der Waals surface area contributed by atoms with Gasteiger partial charge in [-0.05, 0) is 30.1 Å². The van der Waals surface area contributed by atoms with E-state index < -0.39 is 0 Å². The van der Waals surface area contributed by atoms with Crippen molar-refractivity contribution in [1.82, 2.24) is 0 Å². The van der Waals surface area contributed by atoms with E-state index in [2.05, 4.69) is 0 Å². The van der Waals surface area contributed by atoms with E-state index in [4.69, 9.17) is 4.74 Å². The molecule has 86 valence electrons. The maximum atomic E-state index is 11.6. The van der Waals surface area contributed by atoms with E-state index in [0.717, 1.165) is 0 Å². The van der Waals surface area contributed by atoms with Gasteiger partial charge in [-0.25, -0.2) is 4.79 Å². The Hall–Kier alpha value is -0.610. The van der Waals surface area contributed by atoms with Gasteiger partial charge in [0.2, 0.25) is 0 Å². The summed E-state index contributed by atoms with van der Waals surface area (Å²) in [7, 11) is 0. The van der Waals surface area contributed by atoms with Crippen LogP contribution in [0.3, 0.4) is 0 Å². The Balaban J connectivity index is 1.79. The van der Waals surface area contributed by atoms with Crippen molar-refractivity contribution < 1.29 is 9.53 Å². The highest BCUT2D eigenvalue weighted by Gasteiger charge is 2.16. The molecule has 2 nitrogen and oxygen atoms in total. The number of carbonyl (C=O) groups is 1. The fourth-order valence-corrected chi connectivity index (χ4v) is 4.06. The van der Waals surface area contributed by atoms with E-state index in [1.807, 2.05) is 41.7 Å². The summed E-state index contributed by atoms with van der Waals surface area (Å²) >= 11 is 3.77. The van der Waals surface area contributed by atoms with Gasteiger partial charge in [0.15, 0.2) is 0 Å². The summed E-state index contributed by atoms with van der Waals surface area (Å²) in [6, 6.07) is 9.15. The monoisotopic (exact) mass is 254 g/mol. The van der Waals surface area contributed by atoms with E-state index >= 15 is 0 Å². The molecule has 16 heavy (non-hydrogen) atoms. The second kappa shape index (κ2) is 6.21. The molecule has 0 aromatic heterocycles. The summed E-state index contributed by atoms with van der Waals surface area (Å²) in [6.45, 7) is 0.517. The van der Waals surface area contributed by atoms with Gasteiger partial charge in [-0.1, -0.05) is 18.2 Å². The Labute approximate surface area is 104 Å². The second-order valence-corrected chi connectivity index (χ2v) is 6.41. The van der Waals surface area contributed by atoms with Crippen LogP contribution in [0, 0.1) is 0 Å². The van der Waals surface area contributed by atoms with Gasteiger partial charge < -0.3 is 4.74 Å². The standard InChI is InChI=1S/C12H14O2S2/c13-12(10-5-2-1-3-6-10)14-9-11-15-7-4-8-16-11/h1-3,5-6,11H,4,7-9H2. The van der Waals surface area contributed by atoms with Crippen molar-refractivity contribution in [3.63, 3.8) is 0 Å². The Morgan fingerprint density at radius 1 is 1.25 bits per heavy atom. The smallest absolute Gasteiger partial charge is 0.338 e. The van der Waals surface area contributed by atoms with E-state index in [9.17, 15) is 4.79 Å². The van der Waals surface area contributed by atoms with Crippen molar-refractivity contribution in [1.29, 1.82) is 0 Å². The first-order valence-corrected chi connectivity index (χ1v) is 7.41. The third-order valence-corrected chi connectivity index (χ3v) is 5.14. The highest BCUT2D eigenvalue weighted by atomic mass is 32.2. The molecule has 0 bridgehead atoms. The molecule has 0 radical (unpaired) electrons. The van der Waals surface area contributed by atoms with Crippen LogP contribution in [0.1, 0.15) is 16.8 Å². The van der Waals surface area contributed by atoms with Crippen molar-refractivity contribution >= 4 is 29.5 Å². The molecule has 1 aliphatic heterocycles. The molecular weight excluding hydrogens is 240 g/mol. The van der Waals surface area contributed by atoms with Gasteiger partial charge in [0.05, 0.1) is 10.1 Å². The normalized spacial score (nSPS) is 17.0. The van der Waals surface area contributed by atoms with Crippen LogP contribution >= 0.6 is 23.5 Å². The predicted molar refractivity (Wildman–Crippen MR) is 70.0 cm³/mol. The lowest BCUT2D eigenvalue weighted by molar-refractivity contribution is 0.0524. The number of carbonyl (C=O) groups excluding carboxylic acids is 1. The molecule has 0 unspecified atom stereocenters. The summed E-state index contributed by atoms with van der Waals surface area (Å²) in [6.07, 6.45) is 1.26. The molecule has 0 atom stereocenters. The summed E-state index contributed by atoms with van der Waals surface area (Å²) in [4.78, 5) is 11.6. The van der Waals surface area contributed by atoms with Crippen LogP contribution in [-0.4, -0.2) is 28.7 Å². The third kappa shape index (κ3) is 3.46. The summed E-state index contributed by atoms with van der Waals surface area (Å²) in [5, 5.41) is 0. The molecule has 2 rings (SSSR count). The Morgan fingerprint density at radius 2 is 1.94 bits per heavy atom. The molecule has 0 N–H and O–H groups in total. The average molecular weight is 254 g/mol. The zero-order valence-electron chi connectivity index (χ0n) is 8.93. The third-order valence-electron chi connectivity index (χ3n) is 2.26. The Bertz CT molecular complexity index is 334. The van der Waals surface area contributed by atoms with Crippen molar-refractivity contribution in [3.8, 4) is 0 Å². The molecule has 1 heterocycles. The molecule has 1 aromatic carbocycles. The van der Waals surface area contributed by atoms with Crippen LogP contribution in [-0.2, 0) is 4.74 Å². The van der Waals surface area contributed by atoms with Gasteiger partial charge in [0.25, 0.3) is 0 Å². The molecule has 1 saturated heterocycles. The zero-order valence-corrected chi connectivity index (χ0v) is 10.6. The van der Waals surface area contributed by atoms with Crippen LogP contribution < -0.4 is 0 Å². The van der Waals surface area contributed by atoms with Gasteiger partial charge in [-0.3, -0.25) is 0 Å². The fourth-order valence-electron chi connectivity index (χ4n) is 1.43. The first-order valence-electron chi connectivity index (χ1n) is 5.31. The first kappa shape index (κ1) is 11.9. The van der Waals surface area contributed by atoms with Crippen molar-refractivity contribution in [2.75, 3.05) is 18.1 Å². The van der Waals surface area contributed by atoms with Crippen LogP contribution in [0.2, 0.25) is 0 Å². The largest absolute Gasteiger partial charge is 0.460 e. The number of hydrogen-bond acceptors (Lipinski definition) is 4. The number of ether oxygens (including phenoxy) is 1. The predicted octanol–water partition coefficient (Wildman–Crippen LogP) is 3.04. The van der Waals surface area contributed by atoms with Crippen molar-refractivity contribution in [3.05, 3.63) is 35.9 Å². The molecular formula is C12H14O2S2. The fraction of sp³-hybridized carbons (Fsp3) is 0.417. The molecule has 0 saturated carbocycles. The van der Waals surface area contributed by atoms with Gasteiger partial charge in [-0.2, -0.15) is 0 Å². The summed E-state index contributed by atoms with van der Waals surface area (Å²) in [5.41, 5.74) is 0.633. The van der Waals surface area contributed by atoms with Crippen molar-refractivity contribution in [2.45, 2.75) is 11.0 Å². The molecule has 1 aliphatic rings. The molecule has 0 aliphatic carbocycles. The number of benzene rings is 1. The number of esters is 1. The minimum Gasteiger partial charge on any atom is -0.460 e. The maximum absolute atomic E-state index is 11.6. The van der Waals surface area contributed by atoms with Crippen molar-refractivity contribution in [2.24, 2.45) is 0 Å². The van der Waals surface area contributed by atoms with E-state index in [1.165, 1.54) is 17.9 Å². The lowest BCUT2D eigenvalue weighted by Gasteiger charge is -2.20. The van der Waals surface area contributed by atoms with Gasteiger partial charge in [0, 0.05) is 0 Å². The molecule has 0 amide bonds. The first-order chi connectivity index (χ1) is 7.86. The maximum Gasteiger partial charge on any atom is 0.338 e. The minimum atomic E-state index is -0.215. The number of hydrogen-bond donors (Lipinski definition) is 0. The quantitative estimate of drug-likeness (QED) is 0.775. The van der Waals surface area contributed by atoms with Gasteiger partial charge in [0.1, 0.15) is 6.61 Å². The van der Waals surface area contributed by atoms with Gasteiger partial charge >= 0.3 is 5.97 Å². The number of thioether (sulfide) groups is 2. The highest BCUT2D eigenvalue weighted by Crippen LogP contribution is 2.30. The van der Waals surface area contributed by atoms with Gasteiger partial charge in [-0.15, -0.1) is 23.5 Å². The molecule has 1 fully saturated rings. The molecule has 1 aromatic rings. The molecule has 4 heteroatoms. The van der Waals surface area contributed by atoms with Crippen LogP contribution in [0.4, 0.5) is 0 Å². The SMILES string of the molecule is O=C(OCC1SCCCS1)c1ccccc1. The topological polar surface area (TPSA) is 26.3 Å².